The molecule has 0 atom stereocenters. The summed E-state index contributed by atoms with van der Waals surface area (Å²) in [6, 6.07) is 18.7. The molecule has 0 saturated carbocycles. The Morgan fingerprint density at radius 1 is 0.882 bits per heavy atom. The molecule has 0 bridgehead atoms. The van der Waals surface area contributed by atoms with Crippen LogP contribution in [0.5, 0.6) is 0 Å². The van der Waals surface area contributed by atoms with Gasteiger partial charge in [-0.15, -0.1) is 12.1 Å². The average molecular weight is 298 g/mol. The number of hydrogen-bond donors (Lipinski definition) is 0. The van der Waals surface area contributed by atoms with Gasteiger partial charge in [-0.2, -0.15) is 47.5 Å². The molecule has 2 aromatic carbocycles. The predicted octanol–water partition coefficient (Wildman–Crippen LogP) is 3.67. The Bertz CT molecular complexity index is 448. The molecule has 85 valence electrons. The van der Waals surface area contributed by atoms with E-state index in [1.807, 2.05) is 19.2 Å². The quantitative estimate of drug-likeness (QED) is 0.765. The Morgan fingerprint density at radius 3 is 1.65 bits per heavy atom. The van der Waals surface area contributed by atoms with Gasteiger partial charge in [0.2, 0.25) is 0 Å². The first-order valence-electron chi connectivity index (χ1n) is 5.37. The summed E-state index contributed by atoms with van der Waals surface area (Å²) in [5.41, 5.74) is 4.63. The van der Waals surface area contributed by atoms with Gasteiger partial charge in [0, 0.05) is 39.8 Å². The van der Waals surface area contributed by atoms with Crippen molar-refractivity contribution in [3.8, 4) is 0 Å². The van der Waals surface area contributed by atoms with Crippen molar-refractivity contribution in [1.82, 2.24) is 0 Å². The molecule has 2 heteroatoms. The zero-order chi connectivity index (χ0) is 11.5. The molecule has 0 aliphatic heterocycles. The third kappa shape index (κ3) is 3.65. The van der Waals surface area contributed by atoms with E-state index in [9.17, 15) is 0 Å². The predicted molar refractivity (Wildman–Crippen MR) is 68.1 cm³/mol. The van der Waals surface area contributed by atoms with E-state index in [2.05, 4.69) is 55.1 Å². The van der Waals surface area contributed by atoms with Crippen molar-refractivity contribution in [2.45, 2.75) is 13.8 Å². The molecule has 0 saturated heterocycles. The Hall–Kier alpha value is -0.656. The maximum absolute atomic E-state index is 3.23. The SMILES string of the molecule is Cc1cc[c-]c(N(C)c2[c-]ccc(C)c2)c1.[Y]. The van der Waals surface area contributed by atoms with Crippen LogP contribution in [0.15, 0.2) is 36.4 Å². The molecular formula is C15H15NY-2. The van der Waals surface area contributed by atoms with Crippen LogP contribution < -0.4 is 4.90 Å². The summed E-state index contributed by atoms with van der Waals surface area (Å²) in [5, 5.41) is 0. The topological polar surface area (TPSA) is 3.24 Å². The smallest absolute Gasteiger partial charge is 0.00724 e. The molecule has 2 rings (SSSR count). The number of nitrogens with zero attached hydrogens (tertiary/aromatic N) is 1. The van der Waals surface area contributed by atoms with Crippen LogP contribution in [0.2, 0.25) is 0 Å². The Morgan fingerprint density at radius 2 is 1.29 bits per heavy atom. The normalized spacial score (nSPS) is 9.59. The van der Waals surface area contributed by atoms with E-state index in [1.165, 1.54) is 11.1 Å². The molecule has 0 fully saturated rings. The van der Waals surface area contributed by atoms with Crippen LogP contribution in [0.3, 0.4) is 0 Å². The van der Waals surface area contributed by atoms with Gasteiger partial charge in [0.1, 0.15) is 0 Å². The molecule has 0 aliphatic rings. The first-order valence-corrected chi connectivity index (χ1v) is 5.37. The van der Waals surface area contributed by atoms with Crippen molar-refractivity contribution < 1.29 is 32.7 Å². The molecule has 0 N–H and O–H groups in total. The fourth-order valence-corrected chi connectivity index (χ4v) is 1.64. The number of benzene rings is 2. The van der Waals surface area contributed by atoms with Gasteiger partial charge in [-0.1, -0.05) is 25.2 Å². The van der Waals surface area contributed by atoms with Crippen LogP contribution in [0.1, 0.15) is 11.1 Å². The van der Waals surface area contributed by atoms with Crippen molar-refractivity contribution in [2.24, 2.45) is 0 Å². The fraction of sp³-hybridized carbons (Fsp3) is 0.200. The Labute approximate surface area is 129 Å². The summed E-state index contributed by atoms with van der Waals surface area (Å²) in [5.74, 6) is 0. The minimum atomic E-state index is 0. The van der Waals surface area contributed by atoms with E-state index in [0.29, 0.717) is 0 Å². The van der Waals surface area contributed by atoms with Crippen LogP contribution in [0.25, 0.3) is 0 Å². The molecule has 1 radical (unpaired) electrons. The summed E-state index contributed by atoms with van der Waals surface area (Å²) in [7, 11) is 2.04. The molecule has 0 aromatic heterocycles. The van der Waals surface area contributed by atoms with E-state index in [1.54, 1.807) is 0 Å². The average Bonchev–Trinajstić information content (AvgIpc) is 2.28. The summed E-state index contributed by atoms with van der Waals surface area (Å²) in [6.07, 6.45) is 0. The second-order valence-corrected chi connectivity index (χ2v) is 4.06. The molecule has 0 unspecified atom stereocenters. The van der Waals surface area contributed by atoms with Gasteiger partial charge in [-0.25, -0.2) is 0 Å². The summed E-state index contributed by atoms with van der Waals surface area (Å²) in [4.78, 5) is 2.10. The van der Waals surface area contributed by atoms with Crippen molar-refractivity contribution in [3.05, 3.63) is 59.7 Å². The Kier molecular flexibility index (Phi) is 5.36. The molecule has 1 nitrogen and oxygen atoms in total. The van der Waals surface area contributed by atoms with Crippen LogP contribution in [0, 0.1) is 26.0 Å². The van der Waals surface area contributed by atoms with Gasteiger partial charge in [-0.05, 0) is 0 Å². The fourth-order valence-electron chi connectivity index (χ4n) is 1.64. The standard InChI is InChI=1S/C15H15N.Y/c1-12-6-4-8-14(10-12)16(3)15-9-5-7-13(2)11-15;/h4-7,10-11H,1-3H3;/q-2;. The third-order valence-corrected chi connectivity index (χ3v) is 2.61. The number of anilines is 2. The summed E-state index contributed by atoms with van der Waals surface area (Å²) < 4.78 is 0. The molecule has 0 heterocycles. The molecule has 0 spiro atoms. The monoisotopic (exact) mass is 298 g/mol. The van der Waals surface area contributed by atoms with Gasteiger partial charge in [-0.3, -0.25) is 0 Å². The van der Waals surface area contributed by atoms with Crippen molar-refractivity contribution >= 4 is 11.4 Å². The summed E-state index contributed by atoms with van der Waals surface area (Å²) >= 11 is 0. The van der Waals surface area contributed by atoms with Gasteiger partial charge >= 0.3 is 0 Å². The van der Waals surface area contributed by atoms with Crippen molar-refractivity contribution in [3.63, 3.8) is 0 Å². The van der Waals surface area contributed by atoms with E-state index in [0.717, 1.165) is 11.4 Å². The molecule has 17 heavy (non-hydrogen) atoms. The third-order valence-electron chi connectivity index (χ3n) is 2.61. The van der Waals surface area contributed by atoms with Crippen LogP contribution in [0.4, 0.5) is 11.4 Å². The minimum absolute atomic E-state index is 0. The molecular weight excluding hydrogens is 283 g/mol. The first-order chi connectivity index (χ1) is 7.66. The van der Waals surface area contributed by atoms with Gasteiger partial charge in [0.15, 0.2) is 0 Å². The van der Waals surface area contributed by atoms with Crippen LogP contribution in [-0.2, 0) is 32.7 Å². The Balaban J connectivity index is 0.00000144. The first kappa shape index (κ1) is 14.4. The second kappa shape index (κ2) is 6.32. The van der Waals surface area contributed by atoms with E-state index in [-0.39, 0.29) is 32.7 Å². The maximum Gasteiger partial charge on any atom is 0.00724 e. The van der Waals surface area contributed by atoms with Crippen molar-refractivity contribution in [1.29, 1.82) is 0 Å². The molecule has 2 aromatic rings. The minimum Gasteiger partial charge on any atom is -0.391 e. The summed E-state index contributed by atoms with van der Waals surface area (Å²) in [6.45, 7) is 4.18. The van der Waals surface area contributed by atoms with Gasteiger partial charge in [0.05, 0.1) is 0 Å². The maximum atomic E-state index is 3.23. The van der Waals surface area contributed by atoms with Crippen LogP contribution in [-0.4, -0.2) is 7.05 Å². The second-order valence-electron chi connectivity index (χ2n) is 4.06. The zero-order valence-corrected chi connectivity index (χ0v) is 13.3. The zero-order valence-electron chi connectivity index (χ0n) is 10.5. The van der Waals surface area contributed by atoms with E-state index < -0.39 is 0 Å². The van der Waals surface area contributed by atoms with E-state index in [4.69, 9.17) is 0 Å². The number of hydrogen-bond acceptors (Lipinski definition) is 1. The van der Waals surface area contributed by atoms with Crippen molar-refractivity contribution in [2.75, 3.05) is 11.9 Å². The number of rotatable bonds is 2. The van der Waals surface area contributed by atoms with E-state index >= 15 is 0 Å². The molecule has 0 aliphatic carbocycles. The van der Waals surface area contributed by atoms with Gasteiger partial charge in [0.25, 0.3) is 0 Å². The van der Waals surface area contributed by atoms with Gasteiger partial charge < -0.3 is 4.90 Å². The largest absolute Gasteiger partial charge is 0.391 e. The van der Waals surface area contributed by atoms with Crippen LogP contribution >= 0.6 is 0 Å². The number of aryl methyl sites for hydroxylation is 2. The molecule has 0 amide bonds.